The summed E-state index contributed by atoms with van der Waals surface area (Å²) in [6, 6.07) is 0. The van der Waals surface area contributed by atoms with Crippen molar-refractivity contribution in [2.24, 2.45) is 0 Å². The maximum atomic E-state index is 5.20. The van der Waals surface area contributed by atoms with Gasteiger partial charge >= 0.3 is 0 Å². The van der Waals surface area contributed by atoms with Crippen molar-refractivity contribution in [2.75, 3.05) is 0 Å². The maximum absolute atomic E-state index is 5.20. The van der Waals surface area contributed by atoms with Crippen LogP contribution in [-0.4, -0.2) is 29.9 Å². The zero-order valence-corrected chi connectivity index (χ0v) is 10.4. The summed E-state index contributed by atoms with van der Waals surface area (Å²) in [6.45, 7) is 0. The lowest BCUT2D eigenvalue weighted by molar-refractivity contribution is 0.556. The van der Waals surface area contributed by atoms with Gasteiger partial charge in [-0.1, -0.05) is 0 Å². The van der Waals surface area contributed by atoms with Crippen LogP contribution in [-0.2, 0) is 0 Å². The Balaban J connectivity index is 1.92. The lowest BCUT2D eigenvalue weighted by atomic mass is 10.4. The average molecular weight is 282 g/mol. The smallest absolute Gasteiger partial charge is 0.264 e. The van der Waals surface area contributed by atoms with Crippen LogP contribution in [0.4, 0.5) is 0 Å². The topological polar surface area (TPSA) is 117 Å². The van der Waals surface area contributed by atoms with Gasteiger partial charge < -0.3 is 13.3 Å². The molecule has 0 saturated carbocycles. The van der Waals surface area contributed by atoms with Crippen molar-refractivity contribution in [3.05, 3.63) is 37.4 Å². The molecule has 0 saturated heterocycles. The summed E-state index contributed by atoms with van der Waals surface area (Å²) in [5, 5.41) is 0. The standard InChI is InChI=1S/C12H6N6O3/c1-4-19-10(13-1)7-16-8(11-14-2-5-20-11)18-9(17-7)12-15-3-6-21-12/h1-6H. The molecule has 0 amide bonds. The third kappa shape index (κ3) is 2.06. The molecule has 0 unspecified atom stereocenters. The van der Waals surface area contributed by atoms with Gasteiger partial charge in [0.1, 0.15) is 18.8 Å². The first-order chi connectivity index (χ1) is 10.4. The Morgan fingerprint density at radius 2 is 0.857 bits per heavy atom. The molecule has 0 aliphatic rings. The van der Waals surface area contributed by atoms with Gasteiger partial charge in [0, 0.05) is 0 Å². The van der Waals surface area contributed by atoms with Crippen LogP contribution >= 0.6 is 0 Å². The van der Waals surface area contributed by atoms with Crippen molar-refractivity contribution in [1.82, 2.24) is 29.9 Å². The minimum atomic E-state index is 0.233. The van der Waals surface area contributed by atoms with Crippen LogP contribution in [0.3, 0.4) is 0 Å². The monoisotopic (exact) mass is 282 g/mol. The predicted octanol–water partition coefficient (Wildman–Crippen LogP) is 1.84. The zero-order valence-electron chi connectivity index (χ0n) is 10.4. The molecule has 9 heteroatoms. The second-order valence-electron chi connectivity index (χ2n) is 3.82. The molecule has 21 heavy (non-hydrogen) atoms. The highest BCUT2D eigenvalue weighted by atomic mass is 16.3. The quantitative estimate of drug-likeness (QED) is 0.554. The summed E-state index contributed by atoms with van der Waals surface area (Å²) >= 11 is 0. The van der Waals surface area contributed by atoms with Gasteiger partial charge in [-0.15, -0.1) is 0 Å². The highest BCUT2D eigenvalue weighted by molar-refractivity contribution is 5.54. The molecule has 0 spiro atoms. The summed E-state index contributed by atoms with van der Waals surface area (Å²) in [6.07, 6.45) is 8.76. The Labute approximate surface area is 116 Å². The van der Waals surface area contributed by atoms with Crippen LogP contribution in [0.15, 0.2) is 50.6 Å². The van der Waals surface area contributed by atoms with E-state index in [1.807, 2.05) is 0 Å². The van der Waals surface area contributed by atoms with Crippen LogP contribution in [0.1, 0.15) is 0 Å². The van der Waals surface area contributed by atoms with Crippen molar-refractivity contribution in [3.63, 3.8) is 0 Å². The van der Waals surface area contributed by atoms with Crippen molar-refractivity contribution in [3.8, 4) is 35.1 Å². The normalized spacial score (nSPS) is 10.9. The zero-order chi connectivity index (χ0) is 14.1. The van der Waals surface area contributed by atoms with E-state index in [0.29, 0.717) is 0 Å². The minimum Gasteiger partial charge on any atom is -0.442 e. The van der Waals surface area contributed by atoms with Gasteiger partial charge in [0.25, 0.3) is 17.7 Å². The molecule has 4 heterocycles. The van der Waals surface area contributed by atoms with Gasteiger partial charge in [-0.25, -0.2) is 15.0 Å². The van der Waals surface area contributed by atoms with Gasteiger partial charge in [0.15, 0.2) is 0 Å². The highest BCUT2D eigenvalue weighted by Gasteiger charge is 2.18. The van der Waals surface area contributed by atoms with E-state index in [0.717, 1.165) is 0 Å². The molecule has 0 aliphatic heterocycles. The number of nitrogens with zero attached hydrogens (tertiary/aromatic N) is 6. The SMILES string of the molecule is c1coc(-c2nc(-c3ncco3)nc(-c3ncco3)n2)n1. The summed E-state index contributed by atoms with van der Waals surface area (Å²) in [5.41, 5.74) is 0. The fraction of sp³-hybridized carbons (Fsp3) is 0. The second-order valence-corrected chi connectivity index (χ2v) is 3.82. The van der Waals surface area contributed by atoms with Gasteiger partial charge in [-0.05, 0) is 0 Å². The van der Waals surface area contributed by atoms with E-state index in [4.69, 9.17) is 13.3 Å². The van der Waals surface area contributed by atoms with E-state index in [1.54, 1.807) is 0 Å². The third-order valence-corrected chi connectivity index (χ3v) is 2.51. The number of hydrogen-bond acceptors (Lipinski definition) is 9. The van der Waals surface area contributed by atoms with E-state index in [-0.39, 0.29) is 35.1 Å². The summed E-state index contributed by atoms with van der Waals surface area (Å²) in [4.78, 5) is 24.7. The number of aromatic nitrogens is 6. The number of hydrogen-bond donors (Lipinski definition) is 0. The fourth-order valence-corrected chi connectivity index (χ4v) is 1.66. The molecule has 0 aromatic carbocycles. The summed E-state index contributed by atoms with van der Waals surface area (Å²) in [7, 11) is 0. The highest BCUT2D eigenvalue weighted by Crippen LogP contribution is 2.21. The lowest BCUT2D eigenvalue weighted by Gasteiger charge is -2.00. The lowest BCUT2D eigenvalue weighted by Crippen LogP contribution is -2.00. The maximum Gasteiger partial charge on any atom is 0.264 e. The predicted molar refractivity (Wildman–Crippen MR) is 66.3 cm³/mol. The van der Waals surface area contributed by atoms with E-state index >= 15 is 0 Å². The van der Waals surface area contributed by atoms with Crippen molar-refractivity contribution < 1.29 is 13.3 Å². The van der Waals surface area contributed by atoms with Crippen molar-refractivity contribution in [1.29, 1.82) is 0 Å². The van der Waals surface area contributed by atoms with Crippen molar-refractivity contribution in [2.45, 2.75) is 0 Å². The molecule has 102 valence electrons. The van der Waals surface area contributed by atoms with Crippen LogP contribution in [0.2, 0.25) is 0 Å². The molecular formula is C12H6N6O3. The summed E-state index contributed by atoms with van der Waals surface area (Å²) in [5.74, 6) is 1.44. The summed E-state index contributed by atoms with van der Waals surface area (Å²) < 4.78 is 15.6. The Kier molecular flexibility index (Phi) is 2.53. The van der Waals surface area contributed by atoms with Gasteiger partial charge in [0.05, 0.1) is 18.6 Å². The number of oxazole rings is 3. The molecule has 4 aromatic rings. The Hall–Kier alpha value is -3.36. The molecule has 4 aromatic heterocycles. The minimum absolute atomic E-state index is 0.233. The molecule has 0 fully saturated rings. The molecule has 4 rings (SSSR count). The van der Waals surface area contributed by atoms with Crippen LogP contribution in [0.25, 0.3) is 35.1 Å². The first kappa shape index (κ1) is 11.5. The molecule has 0 aliphatic carbocycles. The molecular weight excluding hydrogens is 276 g/mol. The second kappa shape index (κ2) is 4.63. The van der Waals surface area contributed by atoms with Gasteiger partial charge in [-0.2, -0.15) is 15.0 Å². The Morgan fingerprint density at radius 1 is 0.524 bits per heavy atom. The number of rotatable bonds is 3. The van der Waals surface area contributed by atoms with E-state index in [1.165, 1.54) is 37.4 Å². The van der Waals surface area contributed by atoms with E-state index < -0.39 is 0 Å². The molecule has 0 atom stereocenters. The fourth-order valence-electron chi connectivity index (χ4n) is 1.66. The van der Waals surface area contributed by atoms with E-state index in [9.17, 15) is 0 Å². The van der Waals surface area contributed by atoms with Crippen molar-refractivity contribution >= 4 is 0 Å². The average Bonchev–Trinajstić information content (AvgIpc) is 3.29. The van der Waals surface area contributed by atoms with Gasteiger partial charge in [0.2, 0.25) is 17.5 Å². The molecule has 0 bridgehead atoms. The van der Waals surface area contributed by atoms with E-state index in [2.05, 4.69) is 29.9 Å². The Morgan fingerprint density at radius 3 is 1.10 bits per heavy atom. The largest absolute Gasteiger partial charge is 0.442 e. The first-order valence-electron chi connectivity index (χ1n) is 5.86. The van der Waals surface area contributed by atoms with Crippen LogP contribution in [0, 0.1) is 0 Å². The van der Waals surface area contributed by atoms with Gasteiger partial charge in [-0.3, -0.25) is 0 Å². The third-order valence-electron chi connectivity index (χ3n) is 2.51. The van der Waals surface area contributed by atoms with Crippen LogP contribution in [0.5, 0.6) is 0 Å². The first-order valence-corrected chi connectivity index (χ1v) is 5.86. The van der Waals surface area contributed by atoms with Crippen LogP contribution < -0.4 is 0 Å². The molecule has 0 N–H and O–H groups in total. The molecule has 9 nitrogen and oxygen atoms in total. The Bertz CT molecular complexity index is 712. The molecule has 0 radical (unpaired) electrons.